The number of nitrogens with one attached hydrogen (secondary N) is 2. The molecule has 2 N–H and O–H groups in total. The van der Waals surface area contributed by atoms with Gasteiger partial charge < -0.3 is 9.72 Å². The summed E-state index contributed by atoms with van der Waals surface area (Å²) in [5, 5.41) is 4.68. The van der Waals surface area contributed by atoms with E-state index in [-0.39, 0.29) is 12.0 Å². The maximum absolute atomic E-state index is 12.4. The molecule has 1 unspecified atom stereocenters. The first-order valence-electron chi connectivity index (χ1n) is 8.13. The minimum Gasteiger partial charge on any atom is -0.468 e. The van der Waals surface area contributed by atoms with Crippen LogP contribution in [0.5, 0.6) is 0 Å². The molecule has 2 atom stereocenters. The number of esters is 1. The minimum atomic E-state index is -0.757. The number of carbonyl (C=O) groups is 1. The molecule has 0 bridgehead atoms. The van der Waals surface area contributed by atoms with Crippen LogP contribution in [0.1, 0.15) is 29.8 Å². The van der Waals surface area contributed by atoms with Crippen LogP contribution in [0.25, 0.3) is 10.9 Å². The van der Waals surface area contributed by atoms with E-state index in [0.717, 1.165) is 16.8 Å². The lowest BCUT2D eigenvalue weighted by Gasteiger charge is -2.37. The van der Waals surface area contributed by atoms with Crippen LogP contribution in [-0.4, -0.2) is 23.6 Å². The molecule has 0 saturated carbocycles. The number of H-pyrrole nitrogens is 1. The Kier molecular flexibility index (Phi) is 3.43. The molecular weight excluding hydrogens is 300 g/mol. The summed E-state index contributed by atoms with van der Waals surface area (Å²) < 4.78 is 5.07. The van der Waals surface area contributed by atoms with E-state index in [1.807, 2.05) is 37.3 Å². The van der Waals surface area contributed by atoms with Crippen molar-refractivity contribution in [2.24, 2.45) is 0 Å². The average Bonchev–Trinajstić information content (AvgIpc) is 2.99. The molecule has 3 aromatic rings. The maximum atomic E-state index is 12.4. The van der Waals surface area contributed by atoms with E-state index >= 15 is 0 Å². The Balaban J connectivity index is 1.93. The molecule has 2 heterocycles. The van der Waals surface area contributed by atoms with Crippen molar-refractivity contribution in [3.8, 4) is 0 Å². The van der Waals surface area contributed by atoms with E-state index in [2.05, 4.69) is 34.6 Å². The molecule has 4 rings (SSSR count). The summed E-state index contributed by atoms with van der Waals surface area (Å²) in [6.07, 6.45) is 0.600. The highest BCUT2D eigenvalue weighted by molar-refractivity contribution is 5.88. The van der Waals surface area contributed by atoms with Gasteiger partial charge in [0.25, 0.3) is 0 Å². The topological polar surface area (TPSA) is 54.1 Å². The van der Waals surface area contributed by atoms with Crippen LogP contribution in [0.2, 0.25) is 0 Å². The lowest BCUT2D eigenvalue weighted by Crippen LogP contribution is -2.56. The van der Waals surface area contributed by atoms with Crippen molar-refractivity contribution >= 4 is 16.9 Å². The zero-order chi connectivity index (χ0) is 16.7. The molecule has 4 heteroatoms. The summed E-state index contributed by atoms with van der Waals surface area (Å²) in [5.41, 5.74) is 3.78. The number of methoxy groups -OCH3 is 1. The maximum Gasteiger partial charge on any atom is 0.326 e. The number of rotatable bonds is 2. The first-order valence-corrected chi connectivity index (χ1v) is 8.13. The summed E-state index contributed by atoms with van der Waals surface area (Å²) in [6, 6.07) is 18.4. The summed E-state index contributed by atoms with van der Waals surface area (Å²) in [7, 11) is 1.44. The smallest absolute Gasteiger partial charge is 0.326 e. The van der Waals surface area contributed by atoms with Gasteiger partial charge in [0.2, 0.25) is 0 Å². The monoisotopic (exact) mass is 320 g/mol. The van der Waals surface area contributed by atoms with E-state index < -0.39 is 5.54 Å². The van der Waals surface area contributed by atoms with Crippen LogP contribution >= 0.6 is 0 Å². The molecule has 24 heavy (non-hydrogen) atoms. The summed E-state index contributed by atoms with van der Waals surface area (Å²) in [5.74, 6) is -0.237. The van der Waals surface area contributed by atoms with Crippen LogP contribution in [0, 0.1) is 0 Å². The van der Waals surface area contributed by atoms with Crippen molar-refractivity contribution in [2.75, 3.05) is 7.11 Å². The summed E-state index contributed by atoms with van der Waals surface area (Å²) >= 11 is 0. The van der Waals surface area contributed by atoms with Gasteiger partial charge in [-0.2, -0.15) is 0 Å². The second kappa shape index (κ2) is 5.49. The van der Waals surface area contributed by atoms with Crippen molar-refractivity contribution in [3.63, 3.8) is 0 Å². The Morgan fingerprint density at radius 2 is 1.83 bits per heavy atom. The lowest BCUT2D eigenvalue weighted by atomic mass is 9.83. The molecule has 0 amide bonds. The van der Waals surface area contributed by atoms with Crippen LogP contribution < -0.4 is 5.32 Å². The first kappa shape index (κ1) is 15.0. The number of aromatic amines is 1. The number of carbonyl (C=O) groups excluding carboxylic acids is 1. The molecule has 1 aliphatic rings. The van der Waals surface area contributed by atoms with Crippen molar-refractivity contribution in [1.82, 2.24) is 10.3 Å². The third-order valence-electron chi connectivity index (χ3n) is 4.90. The number of para-hydroxylation sites is 1. The Hall–Kier alpha value is -2.59. The largest absolute Gasteiger partial charge is 0.468 e. The van der Waals surface area contributed by atoms with Crippen LogP contribution in [0.4, 0.5) is 0 Å². The van der Waals surface area contributed by atoms with Gasteiger partial charge in [-0.25, -0.2) is 0 Å². The van der Waals surface area contributed by atoms with Gasteiger partial charge in [-0.15, -0.1) is 0 Å². The van der Waals surface area contributed by atoms with Gasteiger partial charge in [0, 0.05) is 23.0 Å². The molecule has 122 valence electrons. The molecule has 0 radical (unpaired) electrons. The van der Waals surface area contributed by atoms with E-state index in [0.29, 0.717) is 6.42 Å². The second-order valence-electron chi connectivity index (χ2n) is 6.55. The van der Waals surface area contributed by atoms with E-state index in [1.165, 1.54) is 18.1 Å². The van der Waals surface area contributed by atoms with Gasteiger partial charge in [0.15, 0.2) is 0 Å². The Bertz CT molecular complexity index is 900. The van der Waals surface area contributed by atoms with Gasteiger partial charge in [-0.1, -0.05) is 48.5 Å². The highest BCUT2D eigenvalue weighted by Crippen LogP contribution is 2.38. The molecule has 0 spiro atoms. The third-order valence-corrected chi connectivity index (χ3v) is 4.90. The Morgan fingerprint density at radius 1 is 1.12 bits per heavy atom. The van der Waals surface area contributed by atoms with Crippen LogP contribution in [0.15, 0.2) is 54.6 Å². The second-order valence-corrected chi connectivity index (χ2v) is 6.55. The highest BCUT2D eigenvalue weighted by Gasteiger charge is 2.43. The predicted molar refractivity (Wildman–Crippen MR) is 93.8 cm³/mol. The van der Waals surface area contributed by atoms with Gasteiger partial charge in [-0.3, -0.25) is 10.1 Å². The fourth-order valence-corrected chi connectivity index (χ4v) is 3.70. The molecule has 0 aliphatic carbocycles. The molecule has 0 fully saturated rings. The zero-order valence-electron chi connectivity index (χ0n) is 13.8. The number of hydrogen-bond donors (Lipinski definition) is 2. The van der Waals surface area contributed by atoms with Crippen LogP contribution in [0.3, 0.4) is 0 Å². The standard InChI is InChI=1S/C20H20N2O2/c1-20(19(23)24-2)12-15-14-10-6-7-11-16(14)21-18(15)17(22-20)13-8-4-3-5-9-13/h3-11,17,21-22H,12H2,1-2H3/t17?,20-/m1/s1. The van der Waals surface area contributed by atoms with Crippen molar-refractivity contribution in [2.45, 2.75) is 24.9 Å². The molecule has 2 aromatic carbocycles. The van der Waals surface area contributed by atoms with E-state index in [1.54, 1.807) is 0 Å². The Morgan fingerprint density at radius 3 is 2.58 bits per heavy atom. The number of ether oxygens (including phenoxy) is 1. The average molecular weight is 320 g/mol. The fourth-order valence-electron chi connectivity index (χ4n) is 3.70. The minimum absolute atomic E-state index is 0.0774. The normalized spacial score (nSPS) is 23.0. The van der Waals surface area contributed by atoms with Crippen molar-refractivity contribution in [1.29, 1.82) is 0 Å². The lowest BCUT2D eigenvalue weighted by molar-refractivity contribution is -0.148. The quantitative estimate of drug-likeness (QED) is 0.712. The van der Waals surface area contributed by atoms with Gasteiger partial charge >= 0.3 is 5.97 Å². The zero-order valence-corrected chi connectivity index (χ0v) is 13.8. The van der Waals surface area contributed by atoms with E-state index in [4.69, 9.17) is 4.74 Å². The fraction of sp³-hybridized carbons (Fsp3) is 0.250. The third kappa shape index (κ3) is 2.22. The number of fused-ring (bicyclic) bond motifs is 3. The van der Waals surface area contributed by atoms with Gasteiger partial charge in [-0.05, 0) is 24.1 Å². The molecule has 1 aliphatic heterocycles. The van der Waals surface area contributed by atoms with Crippen molar-refractivity contribution in [3.05, 3.63) is 71.4 Å². The number of benzene rings is 2. The number of hydrogen-bond acceptors (Lipinski definition) is 3. The van der Waals surface area contributed by atoms with Crippen molar-refractivity contribution < 1.29 is 9.53 Å². The van der Waals surface area contributed by atoms with Crippen LogP contribution in [-0.2, 0) is 16.0 Å². The first-order chi connectivity index (χ1) is 11.6. The molecule has 4 nitrogen and oxygen atoms in total. The highest BCUT2D eigenvalue weighted by atomic mass is 16.5. The summed E-state index contributed by atoms with van der Waals surface area (Å²) in [4.78, 5) is 16.0. The SMILES string of the molecule is COC(=O)[C@@]1(C)Cc2c([nH]c3ccccc23)C(c2ccccc2)N1. The Labute approximate surface area is 140 Å². The van der Waals surface area contributed by atoms with Gasteiger partial charge in [0.05, 0.1) is 13.2 Å². The number of aromatic nitrogens is 1. The molecular formula is C20H20N2O2. The predicted octanol–water partition coefficient (Wildman–Crippen LogP) is 3.33. The van der Waals surface area contributed by atoms with Gasteiger partial charge in [0.1, 0.15) is 5.54 Å². The molecule has 0 saturated heterocycles. The molecule has 1 aromatic heterocycles. The van der Waals surface area contributed by atoms with E-state index in [9.17, 15) is 4.79 Å². The summed E-state index contributed by atoms with van der Waals surface area (Å²) in [6.45, 7) is 1.92.